The van der Waals surface area contributed by atoms with Gasteiger partial charge in [0.2, 0.25) is 0 Å². The van der Waals surface area contributed by atoms with Gasteiger partial charge in [0.1, 0.15) is 5.75 Å². The molecule has 2 rings (SSSR count). The predicted molar refractivity (Wildman–Crippen MR) is 91.4 cm³/mol. The van der Waals surface area contributed by atoms with Crippen molar-refractivity contribution in [3.05, 3.63) is 50.1 Å². The van der Waals surface area contributed by atoms with Gasteiger partial charge in [-0.2, -0.15) is 5.10 Å². The Bertz CT molecular complexity index is 686. The minimum atomic E-state index is -0.366. The highest BCUT2D eigenvalue weighted by Gasteiger charge is 2.05. The number of thiophene rings is 1. The molecule has 0 aliphatic rings. The lowest BCUT2D eigenvalue weighted by atomic mass is 10.3. The summed E-state index contributed by atoms with van der Waals surface area (Å²) < 4.78 is 5.30. The van der Waals surface area contributed by atoms with Crippen molar-refractivity contribution in [2.24, 2.45) is 5.10 Å². The quantitative estimate of drug-likeness (QED) is 0.624. The number of nitrogens with zero attached hydrogens (tertiary/aromatic N) is 1. The molecule has 0 atom stereocenters. The van der Waals surface area contributed by atoms with E-state index in [-0.39, 0.29) is 12.5 Å². The molecule has 0 fully saturated rings. The number of hydrogen-bond donors (Lipinski definition) is 1. The summed E-state index contributed by atoms with van der Waals surface area (Å²) in [5, 5.41) is 4.75. The summed E-state index contributed by atoms with van der Waals surface area (Å²) >= 11 is 13.4. The van der Waals surface area contributed by atoms with Gasteiger partial charge in [-0.05, 0) is 36.8 Å². The van der Waals surface area contributed by atoms with Gasteiger partial charge < -0.3 is 4.74 Å². The van der Waals surface area contributed by atoms with E-state index in [0.29, 0.717) is 15.8 Å². The first-order chi connectivity index (χ1) is 10.6. The van der Waals surface area contributed by atoms with E-state index in [9.17, 15) is 4.79 Å². The number of aryl methyl sites for hydroxylation is 1. The molecule has 2 aromatic rings. The lowest BCUT2D eigenvalue weighted by Crippen LogP contribution is -2.24. The Morgan fingerprint density at radius 1 is 1.36 bits per heavy atom. The van der Waals surface area contributed by atoms with E-state index in [1.807, 2.05) is 12.1 Å². The first-order valence-corrected chi connectivity index (χ1v) is 8.14. The highest BCUT2D eigenvalue weighted by molar-refractivity contribution is 7.13. The molecule has 22 heavy (non-hydrogen) atoms. The minimum Gasteiger partial charge on any atom is -0.482 e. The molecule has 0 spiro atoms. The zero-order chi connectivity index (χ0) is 15.9. The summed E-state index contributed by atoms with van der Waals surface area (Å²) in [7, 11) is 0. The molecule has 7 heteroatoms. The zero-order valence-electron chi connectivity index (χ0n) is 11.8. The number of hydrazone groups is 1. The molecule has 0 aliphatic heterocycles. The summed E-state index contributed by atoms with van der Waals surface area (Å²) in [5.74, 6) is 0.0329. The van der Waals surface area contributed by atoms with E-state index in [4.69, 9.17) is 27.9 Å². The number of rotatable bonds is 6. The molecule has 0 bridgehead atoms. The Balaban J connectivity index is 1.80. The predicted octanol–water partition coefficient (Wildman–Crippen LogP) is 4.15. The molecule has 116 valence electrons. The van der Waals surface area contributed by atoms with Gasteiger partial charge in [0.25, 0.3) is 5.91 Å². The van der Waals surface area contributed by atoms with E-state index in [0.717, 1.165) is 11.3 Å². The fourth-order valence-electron chi connectivity index (χ4n) is 1.59. The second-order valence-corrected chi connectivity index (χ2v) is 6.36. The van der Waals surface area contributed by atoms with Gasteiger partial charge in [0.15, 0.2) is 6.61 Å². The SMILES string of the molecule is CCc1ccc(/C=N/NC(=O)COc2ccc(Cl)cc2Cl)s1. The van der Waals surface area contributed by atoms with Crippen molar-refractivity contribution in [3.8, 4) is 5.75 Å². The molecule has 0 unspecified atom stereocenters. The maximum Gasteiger partial charge on any atom is 0.277 e. The molecule has 1 aromatic heterocycles. The van der Waals surface area contributed by atoms with Gasteiger partial charge in [-0.25, -0.2) is 5.43 Å². The topological polar surface area (TPSA) is 50.7 Å². The summed E-state index contributed by atoms with van der Waals surface area (Å²) in [6, 6.07) is 8.80. The van der Waals surface area contributed by atoms with Crippen LogP contribution in [0.2, 0.25) is 10.0 Å². The van der Waals surface area contributed by atoms with Gasteiger partial charge >= 0.3 is 0 Å². The van der Waals surface area contributed by atoms with Crippen molar-refractivity contribution in [1.29, 1.82) is 0 Å². The third-order valence-electron chi connectivity index (χ3n) is 2.66. The molecule has 4 nitrogen and oxygen atoms in total. The number of hydrogen-bond acceptors (Lipinski definition) is 4. The Kier molecular flexibility index (Phi) is 6.24. The van der Waals surface area contributed by atoms with Crippen molar-refractivity contribution in [3.63, 3.8) is 0 Å². The highest BCUT2D eigenvalue weighted by atomic mass is 35.5. The number of benzene rings is 1. The fourth-order valence-corrected chi connectivity index (χ4v) is 2.88. The van der Waals surface area contributed by atoms with Crippen LogP contribution in [0.1, 0.15) is 16.7 Å². The molecule has 0 saturated carbocycles. The minimum absolute atomic E-state index is 0.177. The van der Waals surface area contributed by atoms with Crippen LogP contribution in [-0.4, -0.2) is 18.7 Å². The second kappa shape index (κ2) is 8.17. The van der Waals surface area contributed by atoms with Gasteiger partial charge in [-0.1, -0.05) is 30.1 Å². The molecule has 0 saturated heterocycles. The molecule has 1 N–H and O–H groups in total. The van der Waals surface area contributed by atoms with E-state index in [1.165, 1.54) is 4.88 Å². The van der Waals surface area contributed by atoms with Crippen molar-refractivity contribution < 1.29 is 9.53 Å². The largest absolute Gasteiger partial charge is 0.482 e. The molecule has 1 aromatic carbocycles. The first kappa shape index (κ1) is 16.8. The summed E-state index contributed by atoms with van der Waals surface area (Å²) in [6.45, 7) is 1.91. The highest BCUT2D eigenvalue weighted by Crippen LogP contribution is 2.27. The molecule has 0 radical (unpaired) electrons. The maximum atomic E-state index is 11.6. The Morgan fingerprint density at radius 2 is 2.18 bits per heavy atom. The van der Waals surface area contributed by atoms with Gasteiger partial charge in [0, 0.05) is 14.8 Å². The van der Waals surface area contributed by atoms with E-state index in [1.54, 1.807) is 35.8 Å². The number of amides is 1. The van der Waals surface area contributed by atoms with E-state index in [2.05, 4.69) is 17.5 Å². The van der Waals surface area contributed by atoms with Gasteiger partial charge in [-0.15, -0.1) is 11.3 Å². The van der Waals surface area contributed by atoms with E-state index >= 15 is 0 Å². The van der Waals surface area contributed by atoms with Crippen LogP contribution in [-0.2, 0) is 11.2 Å². The fraction of sp³-hybridized carbons (Fsp3) is 0.200. The van der Waals surface area contributed by atoms with E-state index < -0.39 is 0 Å². The number of carbonyl (C=O) groups excluding carboxylic acids is 1. The van der Waals surface area contributed by atoms with Crippen LogP contribution < -0.4 is 10.2 Å². The number of nitrogens with one attached hydrogen (secondary N) is 1. The molecule has 1 heterocycles. The van der Waals surface area contributed by atoms with Crippen LogP contribution in [0.3, 0.4) is 0 Å². The van der Waals surface area contributed by atoms with Crippen molar-refractivity contribution in [1.82, 2.24) is 5.43 Å². The summed E-state index contributed by atoms with van der Waals surface area (Å²) in [5.41, 5.74) is 2.40. The van der Waals surface area contributed by atoms with Crippen molar-refractivity contribution >= 4 is 46.7 Å². The Labute approximate surface area is 142 Å². The van der Waals surface area contributed by atoms with Gasteiger partial charge in [0.05, 0.1) is 11.2 Å². The standard InChI is InChI=1S/C15H14Cl2N2O2S/c1-2-11-4-5-12(22-11)8-18-19-15(20)9-21-14-6-3-10(16)7-13(14)17/h3-8H,2,9H2,1H3,(H,19,20)/b18-8+. The van der Waals surface area contributed by atoms with Crippen LogP contribution in [0, 0.1) is 0 Å². The lowest BCUT2D eigenvalue weighted by Gasteiger charge is -2.06. The monoisotopic (exact) mass is 356 g/mol. The number of ether oxygens (including phenoxy) is 1. The zero-order valence-corrected chi connectivity index (χ0v) is 14.1. The molecule has 1 amide bonds. The third-order valence-corrected chi connectivity index (χ3v) is 4.36. The second-order valence-electron chi connectivity index (χ2n) is 4.31. The van der Waals surface area contributed by atoms with Crippen molar-refractivity contribution in [2.75, 3.05) is 6.61 Å². The Hall–Kier alpha value is -1.56. The summed E-state index contributed by atoms with van der Waals surface area (Å²) in [4.78, 5) is 13.9. The molecular weight excluding hydrogens is 343 g/mol. The van der Waals surface area contributed by atoms with Crippen LogP contribution in [0.25, 0.3) is 0 Å². The molecular formula is C15H14Cl2N2O2S. The smallest absolute Gasteiger partial charge is 0.277 e. The molecule has 0 aliphatic carbocycles. The van der Waals surface area contributed by atoms with Crippen LogP contribution >= 0.6 is 34.5 Å². The van der Waals surface area contributed by atoms with Crippen LogP contribution in [0.15, 0.2) is 35.4 Å². The average Bonchev–Trinajstić information content (AvgIpc) is 2.94. The van der Waals surface area contributed by atoms with Crippen molar-refractivity contribution in [2.45, 2.75) is 13.3 Å². The van der Waals surface area contributed by atoms with Crippen LogP contribution in [0.5, 0.6) is 5.75 Å². The Morgan fingerprint density at radius 3 is 2.86 bits per heavy atom. The number of halogens is 2. The number of carbonyl (C=O) groups is 1. The normalized spacial score (nSPS) is 10.9. The summed E-state index contributed by atoms with van der Waals surface area (Å²) in [6.07, 6.45) is 2.59. The third kappa shape index (κ3) is 5.02. The maximum absolute atomic E-state index is 11.6. The lowest BCUT2D eigenvalue weighted by molar-refractivity contribution is -0.123. The average molecular weight is 357 g/mol. The van der Waals surface area contributed by atoms with Gasteiger partial charge in [-0.3, -0.25) is 4.79 Å². The first-order valence-electron chi connectivity index (χ1n) is 6.57. The van der Waals surface area contributed by atoms with Crippen LogP contribution in [0.4, 0.5) is 0 Å².